The lowest BCUT2D eigenvalue weighted by Crippen LogP contribution is -2.44. The first kappa shape index (κ1) is 11.6. The average molecular weight is 246 g/mol. The molecule has 0 bridgehead atoms. The highest BCUT2D eigenvalue weighted by Gasteiger charge is 2.26. The zero-order chi connectivity index (χ0) is 12.7. The Morgan fingerprint density at radius 2 is 2.28 bits per heavy atom. The van der Waals surface area contributed by atoms with Crippen LogP contribution in [0.4, 0.5) is 0 Å². The van der Waals surface area contributed by atoms with Gasteiger partial charge < -0.3 is 15.1 Å². The summed E-state index contributed by atoms with van der Waals surface area (Å²) >= 11 is 0. The molecular weight excluding hydrogens is 228 g/mol. The van der Waals surface area contributed by atoms with Crippen LogP contribution in [-0.4, -0.2) is 41.3 Å². The third-order valence-electron chi connectivity index (χ3n) is 3.58. The molecule has 3 rings (SSSR count). The van der Waals surface area contributed by atoms with Crippen molar-refractivity contribution in [3.63, 3.8) is 0 Å². The van der Waals surface area contributed by atoms with E-state index in [1.165, 1.54) is 0 Å². The quantitative estimate of drug-likeness (QED) is 0.821. The molecule has 0 radical (unpaired) electrons. The van der Waals surface area contributed by atoms with Gasteiger partial charge in [-0.15, -0.1) is 0 Å². The Balaban J connectivity index is 1.96. The second-order valence-corrected chi connectivity index (χ2v) is 5.28. The SMILES string of the molecule is Cc1nncc2cc(C3CC(N)CN(C)C3)oc12. The van der Waals surface area contributed by atoms with Crippen LogP contribution in [0.1, 0.15) is 23.8 Å². The maximum absolute atomic E-state index is 6.07. The van der Waals surface area contributed by atoms with Crippen molar-refractivity contribution in [3.05, 3.63) is 23.7 Å². The number of rotatable bonds is 1. The third kappa shape index (κ3) is 2.00. The van der Waals surface area contributed by atoms with Gasteiger partial charge in [-0.1, -0.05) is 0 Å². The minimum Gasteiger partial charge on any atom is -0.459 e. The number of hydrogen-bond donors (Lipinski definition) is 1. The maximum atomic E-state index is 6.07. The molecule has 1 fully saturated rings. The highest BCUT2D eigenvalue weighted by Crippen LogP contribution is 2.31. The number of fused-ring (bicyclic) bond motifs is 1. The van der Waals surface area contributed by atoms with Crippen molar-refractivity contribution >= 4 is 11.0 Å². The second-order valence-electron chi connectivity index (χ2n) is 5.28. The van der Waals surface area contributed by atoms with Crippen LogP contribution >= 0.6 is 0 Å². The fraction of sp³-hybridized carbons (Fsp3) is 0.538. The Kier molecular flexibility index (Phi) is 2.80. The maximum Gasteiger partial charge on any atom is 0.158 e. The lowest BCUT2D eigenvalue weighted by atomic mass is 9.93. The molecule has 1 aliphatic rings. The van der Waals surface area contributed by atoms with Crippen LogP contribution in [-0.2, 0) is 0 Å². The van der Waals surface area contributed by atoms with Crippen molar-refractivity contribution in [1.82, 2.24) is 15.1 Å². The number of likely N-dealkylation sites (tertiary alicyclic amines) is 1. The summed E-state index contributed by atoms with van der Waals surface area (Å²) in [7, 11) is 2.10. The van der Waals surface area contributed by atoms with Gasteiger partial charge in [0.15, 0.2) is 5.58 Å². The van der Waals surface area contributed by atoms with Gasteiger partial charge in [-0.2, -0.15) is 10.2 Å². The number of nitrogens with zero attached hydrogens (tertiary/aromatic N) is 3. The molecule has 0 saturated carbocycles. The average Bonchev–Trinajstić information content (AvgIpc) is 2.73. The minimum atomic E-state index is 0.222. The van der Waals surface area contributed by atoms with Crippen LogP contribution in [0.5, 0.6) is 0 Å². The van der Waals surface area contributed by atoms with E-state index in [4.69, 9.17) is 10.2 Å². The number of furan rings is 1. The van der Waals surface area contributed by atoms with Crippen LogP contribution in [0.25, 0.3) is 11.0 Å². The van der Waals surface area contributed by atoms with Crippen LogP contribution in [0.15, 0.2) is 16.7 Å². The summed E-state index contributed by atoms with van der Waals surface area (Å²) in [6.07, 6.45) is 2.73. The van der Waals surface area contributed by atoms with Crippen LogP contribution < -0.4 is 5.73 Å². The summed E-state index contributed by atoms with van der Waals surface area (Å²) in [5, 5.41) is 9.00. The first-order chi connectivity index (χ1) is 8.63. The Hall–Kier alpha value is -1.46. The number of hydrogen-bond acceptors (Lipinski definition) is 5. The molecule has 0 spiro atoms. The Bertz CT molecular complexity index is 555. The fourth-order valence-corrected chi connectivity index (χ4v) is 2.80. The molecule has 2 N–H and O–H groups in total. The van der Waals surface area contributed by atoms with E-state index in [0.29, 0.717) is 5.92 Å². The van der Waals surface area contributed by atoms with Crippen molar-refractivity contribution in [3.8, 4) is 0 Å². The second kappa shape index (κ2) is 4.33. The summed E-state index contributed by atoms with van der Waals surface area (Å²) < 4.78 is 5.95. The monoisotopic (exact) mass is 246 g/mol. The molecule has 5 heteroatoms. The predicted molar refractivity (Wildman–Crippen MR) is 69.4 cm³/mol. The lowest BCUT2D eigenvalue weighted by Gasteiger charge is -2.32. The molecule has 1 saturated heterocycles. The first-order valence-corrected chi connectivity index (χ1v) is 6.29. The van der Waals surface area contributed by atoms with E-state index in [1.54, 1.807) is 6.20 Å². The van der Waals surface area contributed by atoms with E-state index in [2.05, 4.69) is 28.2 Å². The Labute approximate surface area is 106 Å². The Morgan fingerprint density at radius 3 is 3.00 bits per heavy atom. The van der Waals surface area contributed by atoms with E-state index in [9.17, 15) is 0 Å². The fourth-order valence-electron chi connectivity index (χ4n) is 2.80. The number of aryl methyl sites for hydroxylation is 1. The molecule has 1 aliphatic heterocycles. The zero-order valence-corrected chi connectivity index (χ0v) is 10.8. The molecule has 0 aromatic carbocycles. The standard InChI is InChI=1S/C13H18N4O/c1-8-13-9(5-15-16-8)4-12(18-13)10-3-11(14)7-17(2)6-10/h4-5,10-11H,3,6-7,14H2,1-2H3. The summed E-state index contributed by atoms with van der Waals surface area (Å²) in [5.74, 6) is 1.37. The third-order valence-corrected chi connectivity index (χ3v) is 3.58. The Morgan fingerprint density at radius 1 is 1.44 bits per heavy atom. The van der Waals surface area contributed by atoms with Crippen molar-refractivity contribution in [1.29, 1.82) is 0 Å². The summed E-state index contributed by atoms with van der Waals surface area (Å²) in [6, 6.07) is 2.30. The molecule has 2 unspecified atom stereocenters. The highest BCUT2D eigenvalue weighted by atomic mass is 16.3. The van der Waals surface area contributed by atoms with Gasteiger partial charge >= 0.3 is 0 Å². The molecule has 0 amide bonds. The minimum absolute atomic E-state index is 0.222. The molecule has 2 aromatic rings. The topological polar surface area (TPSA) is 68.2 Å². The largest absolute Gasteiger partial charge is 0.459 e. The molecule has 5 nitrogen and oxygen atoms in total. The van der Waals surface area contributed by atoms with E-state index >= 15 is 0 Å². The molecule has 2 atom stereocenters. The highest BCUT2D eigenvalue weighted by molar-refractivity contribution is 5.78. The molecule has 96 valence electrons. The van der Waals surface area contributed by atoms with E-state index in [0.717, 1.165) is 41.9 Å². The molecule has 18 heavy (non-hydrogen) atoms. The first-order valence-electron chi connectivity index (χ1n) is 6.29. The van der Waals surface area contributed by atoms with Gasteiger partial charge in [-0.05, 0) is 26.5 Å². The van der Waals surface area contributed by atoms with Gasteiger partial charge in [0.05, 0.1) is 6.20 Å². The molecule has 3 heterocycles. The van der Waals surface area contributed by atoms with E-state index in [-0.39, 0.29) is 6.04 Å². The number of nitrogens with two attached hydrogens (primary N) is 1. The van der Waals surface area contributed by atoms with Gasteiger partial charge in [0, 0.05) is 30.4 Å². The van der Waals surface area contributed by atoms with Gasteiger partial charge in [0.25, 0.3) is 0 Å². The number of piperidine rings is 1. The van der Waals surface area contributed by atoms with Gasteiger partial charge in [0.2, 0.25) is 0 Å². The number of aromatic nitrogens is 2. The van der Waals surface area contributed by atoms with E-state index < -0.39 is 0 Å². The van der Waals surface area contributed by atoms with Gasteiger partial charge in [-0.3, -0.25) is 0 Å². The van der Waals surface area contributed by atoms with Crippen LogP contribution in [0.2, 0.25) is 0 Å². The van der Waals surface area contributed by atoms with Crippen LogP contribution in [0, 0.1) is 6.92 Å². The van der Waals surface area contributed by atoms with Gasteiger partial charge in [-0.25, -0.2) is 0 Å². The van der Waals surface area contributed by atoms with Crippen molar-refractivity contribution in [2.24, 2.45) is 5.73 Å². The van der Waals surface area contributed by atoms with E-state index in [1.807, 2.05) is 6.92 Å². The van der Waals surface area contributed by atoms with Crippen LogP contribution in [0.3, 0.4) is 0 Å². The zero-order valence-electron chi connectivity index (χ0n) is 10.8. The summed E-state index contributed by atoms with van der Waals surface area (Å²) in [6.45, 7) is 3.87. The van der Waals surface area contributed by atoms with Crippen molar-refractivity contribution < 1.29 is 4.42 Å². The normalized spacial score (nSPS) is 25.7. The molecular formula is C13H18N4O. The van der Waals surface area contributed by atoms with Crippen molar-refractivity contribution in [2.75, 3.05) is 20.1 Å². The van der Waals surface area contributed by atoms with Gasteiger partial charge in [0.1, 0.15) is 11.5 Å². The lowest BCUT2D eigenvalue weighted by molar-refractivity contribution is 0.214. The predicted octanol–water partition coefficient (Wildman–Crippen LogP) is 1.28. The smallest absolute Gasteiger partial charge is 0.158 e. The van der Waals surface area contributed by atoms with Crippen molar-refractivity contribution in [2.45, 2.75) is 25.3 Å². The summed E-state index contributed by atoms with van der Waals surface area (Å²) in [5.41, 5.74) is 7.76. The number of likely N-dealkylation sites (N-methyl/N-ethyl adjacent to an activating group) is 1. The molecule has 2 aromatic heterocycles. The molecule has 0 aliphatic carbocycles. The summed E-state index contributed by atoms with van der Waals surface area (Å²) in [4.78, 5) is 2.26.